The Morgan fingerprint density at radius 3 is 2.55 bits per heavy atom. The number of benzene rings is 1. The van der Waals surface area contributed by atoms with Crippen molar-refractivity contribution >= 4 is 0 Å². The van der Waals surface area contributed by atoms with E-state index in [0.29, 0.717) is 0 Å². The van der Waals surface area contributed by atoms with Crippen molar-refractivity contribution in [1.29, 1.82) is 0 Å². The van der Waals surface area contributed by atoms with Gasteiger partial charge in [-0.25, -0.2) is 13.2 Å². The molecule has 59 valence electrons. The molecular weight excluding hydrogens is 153 g/mol. The first-order valence-corrected chi connectivity index (χ1v) is 3.20. The molecule has 0 spiro atoms. The van der Waals surface area contributed by atoms with Crippen LogP contribution in [0.15, 0.2) is 6.07 Å². The fraction of sp³-hybridized carbons (Fsp3) is 0.250. The first-order chi connectivity index (χ1) is 5.15. The van der Waals surface area contributed by atoms with Gasteiger partial charge in [0.2, 0.25) is 0 Å². The van der Waals surface area contributed by atoms with Crippen molar-refractivity contribution in [3.05, 3.63) is 35.1 Å². The quantitative estimate of drug-likeness (QED) is 0.552. The van der Waals surface area contributed by atoms with E-state index in [1.54, 1.807) is 13.0 Å². The summed E-state index contributed by atoms with van der Waals surface area (Å²) in [7, 11) is 0. The van der Waals surface area contributed by atoms with Crippen LogP contribution in [-0.2, 0) is 6.42 Å². The SMILES string of the molecule is CCc1cc(F)[c]c(F)c1F. The fourth-order valence-electron chi connectivity index (χ4n) is 0.810. The second kappa shape index (κ2) is 2.95. The summed E-state index contributed by atoms with van der Waals surface area (Å²) in [5.74, 6) is -3.11. The molecule has 0 aliphatic carbocycles. The lowest BCUT2D eigenvalue weighted by Crippen LogP contribution is -1.94. The normalized spacial score (nSPS) is 10.2. The van der Waals surface area contributed by atoms with Crippen molar-refractivity contribution < 1.29 is 13.2 Å². The maximum atomic E-state index is 12.6. The van der Waals surface area contributed by atoms with Crippen LogP contribution in [0.5, 0.6) is 0 Å². The number of halogens is 3. The van der Waals surface area contributed by atoms with Crippen LogP contribution in [0.25, 0.3) is 0 Å². The Kier molecular flexibility index (Phi) is 2.17. The Morgan fingerprint density at radius 2 is 2.00 bits per heavy atom. The summed E-state index contributed by atoms with van der Waals surface area (Å²) in [6.07, 6.45) is 0.272. The fourth-order valence-corrected chi connectivity index (χ4v) is 0.810. The lowest BCUT2D eigenvalue weighted by atomic mass is 10.1. The summed E-state index contributed by atoms with van der Waals surface area (Å²) in [6, 6.07) is 2.55. The summed E-state index contributed by atoms with van der Waals surface area (Å²) in [4.78, 5) is 0. The van der Waals surface area contributed by atoms with Gasteiger partial charge in [-0.15, -0.1) is 0 Å². The maximum absolute atomic E-state index is 12.6. The third kappa shape index (κ3) is 1.53. The van der Waals surface area contributed by atoms with E-state index in [9.17, 15) is 13.2 Å². The second-order valence-electron chi connectivity index (χ2n) is 2.12. The van der Waals surface area contributed by atoms with Crippen LogP contribution in [0.2, 0.25) is 0 Å². The van der Waals surface area contributed by atoms with Crippen molar-refractivity contribution in [1.82, 2.24) is 0 Å². The first-order valence-electron chi connectivity index (χ1n) is 3.20. The third-order valence-corrected chi connectivity index (χ3v) is 1.39. The molecule has 1 aromatic carbocycles. The highest BCUT2D eigenvalue weighted by atomic mass is 19.2. The summed E-state index contributed by atoms with van der Waals surface area (Å²) in [6.45, 7) is 1.62. The van der Waals surface area contributed by atoms with E-state index in [-0.39, 0.29) is 12.0 Å². The van der Waals surface area contributed by atoms with Gasteiger partial charge < -0.3 is 0 Å². The number of hydrogen-bond acceptors (Lipinski definition) is 0. The van der Waals surface area contributed by atoms with E-state index in [1.165, 1.54) is 0 Å². The molecule has 0 N–H and O–H groups in total. The van der Waals surface area contributed by atoms with Crippen LogP contribution in [0, 0.1) is 23.5 Å². The Hall–Kier alpha value is -0.990. The molecule has 0 fully saturated rings. The van der Waals surface area contributed by atoms with Crippen LogP contribution < -0.4 is 0 Å². The summed E-state index contributed by atoms with van der Waals surface area (Å²) >= 11 is 0. The van der Waals surface area contributed by atoms with Crippen molar-refractivity contribution in [3.63, 3.8) is 0 Å². The Labute approximate surface area is 62.7 Å². The minimum absolute atomic E-state index is 0.0405. The van der Waals surface area contributed by atoms with Crippen molar-refractivity contribution in [2.45, 2.75) is 13.3 Å². The molecule has 0 unspecified atom stereocenters. The van der Waals surface area contributed by atoms with Gasteiger partial charge in [0.15, 0.2) is 11.6 Å². The second-order valence-corrected chi connectivity index (χ2v) is 2.12. The molecule has 0 aliphatic rings. The minimum atomic E-state index is -1.25. The van der Waals surface area contributed by atoms with Gasteiger partial charge in [-0.05, 0) is 18.1 Å². The highest BCUT2D eigenvalue weighted by Gasteiger charge is 2.08. The molecule has 0 aromatic heterocycles. The van der Waals surface area contributed by atoms with E-state index in [1.807, 2.05) is 0 Å². The van der Waals surface area contributed by atoms with Crippen molar-refractivity contribution in [3.8, 4) is 0 Å². The van der Waals surface area contributed by atoms with Crippen LogP contribution in [0.1, 0.15) is 12.5 Å². The average Bonchev–Trinajstić information content (AvgIpc) is 1.96. The molecule has 0 nitrogen and oxygen atoms in total. The van der Waals surface area contributed by atoms with Crippen molar-refractivity contribution in [2.75, 3.05) is 0 Å². The Morgan fingerprint density at radius 1 is 1.36 bits per heavy atom. The van der Waals surface area contributed by atoms with Gasteiger partial charge in [-0.3, -0.25) is 0 Å². The van der Waals surface area contributed by atoms with Crippen molar-refractivity contribution in [2.24, 2.45) is 0 Å². The molecule has 0 amide bonds. The standard InChI is InChI=1S/C8H6F3/c1-2-5-3-6(9)4-7(10)8(5)11/h3H,2H2,1H3. The minimum Gasteiger partial charge on any atom is -0.206 e. The third-order valence-electron chi connectivity index (χ3n) is 1.39. The van der Waals surface area contributed by atoms with Crippen LogP contribution >= 0.6 is 0 Å². The van der Waals surface area contributed by atoms with Gasteiger partial charge in [0.25, 0.3) is 0 Å². The predicted molar refractivity (Wildman–Crippen MR) is 34.5 cm³/mol. The molecule has 0 saturated carbocycles. The van der Waals surface area contributed by atoms with Crippen LogP contribution in [0.4, 0.5) is 13.2 Å². The highest BCUT2D eigenvalue weighted by molar-refractivity contribution is 5.19. The molecule has 0 heterocycles. The van der Waals surface area contributed by atoms with Gasteiger partial charge >= 0.3 is 0 Å². The molecule has 11 heavy (non-hydrogen) atoms. The summed E-state index contributed by atoms with van der Waals surface area (Å²) in [5, 5.41) is 0. The Balaban J connectivity index is 3.24. The monoisotopic (exact) mass is 159 g/mol. The first kappa shape index (κ1) is 8.11. The van der Waals surface area contributed by atoms with Gasteiger partial charge in [-0.1, -0.05) is 6.92 Å². The molecule has 1 rings (SSSR count). The summed E-state index contributed by atoms with van der Waals surface area (Å²) in [5.41, 5.74) is 0.0405. The molecule has 3 heteroatoms. The average molecular weight is 159 g/mol. The number of hydrogen-bond donors (Lipinski definition) is 0. The zero-order valence-corrected chi connectivity index (χ0v) is 5.92. The Bertz CT molecular complexity index is 268. The van der Waals surface area contributed by atoms with E-state index >= 15 is 0 Å². The van der Waals surface area contributed by atoms with E-state index in [4.69, 9.17) is 0 Å². The van der Waals surface area contributed by atoms with Gasteiger partial charge in [0.05, 0.1) is 6.07 Å². The van der Waals surface area contributed by atoms with E-state index in [0.717, 1.165) is 6.07 Å². The lowest BCUT2D eigenvalue weighted by molar-refractivity contribution is 0.483. The molecule has 0 bridgehead atoms. The van der Waals surface area contributed by atoms with E-state index in [2.05, 4.69) is 0 Å². The van der Waals surface area contributed by atoms with Crippen LogP contribution in [-0.4, -0.2) is 0 Å². The molecule has 1 radical (unpaired) electrons. The van der Waals surface area contributed by atoms with Crippen LogP contribution in [0.3, 0.4) is 0 Å². The lowest BCUT2D eigenvalue weighted by Gasteiger charge is -1.99. The zero-order valence-electron chi connectivity index (χ0n) is 5.92. The molecule has 0 saturated heterocycles. The predicted octanol–water partition coefficient (Wildman–Crippen LogP) is 2.47. The molecule has 1 aromatic rings. The summed E-state index contributed by atoms with van der Waals surface area (Å²) < 4.78 is 37.3. The molecular formula is C8H6F3. The largest absolute Gasteiger partial charge is 0.206 e. The highest BCUT2D eigenvalue weighted by Crippen LogP contribution is 2.13. The zero-order chi connectivity index (χ0) is 8.43. The van der Waals surface area contributed by atoms with E-state index < -0.39 is 17.5 Å². The molecule has 0 atom stereocenters. The number of aryl methyl sites for hydroxylation is 1. The van der Waals surface area contributed by atoms with Gasteiger partial charge in [-0.2, -0.15) is 0 Å². The molecule has 0 aliphatic heterocycles. The number of rotatable bonds is 1. The van der Waals surface area contributed by atoms with Gasteiger partial charge in [0.1, 0.15) is 5.82 Å². The smallest absolute Gasteiger partial charge is 0.170 e. The topological polar surface area (TPSA) is 0 Å². The van der Waals surface area contributed by atoms with Gasteiger partial charge in [0, 0.05) is 0 Å². The maximum Gasteiger partial charge on any atom is 0.170 e.